The summed E-state index contributed by atoms with van der Waals surface area (Å²) in [6, 6.07) is 0.839. The van der Waals surface area contributed by atoms with Gasteiger partial charge >= 0.3 is 0 Å². The summed E-state index contributed by atoms with van der Waals surface area (Å²) in [5.74, 6) is 0.908. The van der Waals surface area contributed by atoms with Gasteiger partial charge in [-0.1, -0.05) is 19.3 Å². The van der Waals surface area contributed by atoms with Crippen LogP contribution in [0.25, 0.3) is 0 Å². The lowest BCUT2D eigenvalue weighted by atomic mass is 9.93. The molecule has 2 nitrogen and oxygen atoms in total. The summed E-state index contributed by atoms with van der Waals surface area (Å²) in [6.07, 6.45) is 10.0. The molecule has 2 aliphatic rings. The molecule has 0 radical (unpaired) electrons. The highest BCUT2D eigenvalue weighted by atomic mass is 15.1. The van der Waals surface area contributed by atoms with E-state index in [0.717, 1.165) is 12.0 Å². The lowest BCUT2D eigenvalue weighted by molar-refractivity contribution is 0.199. The fraction of sp³-hybridized carbons (Fsp3) is 1.00. The Balaban J connectivity index is 1.63. The standard InChI is InChI=1S/C13H26N2/c1-15-9-5-6-12(11-15)10-14-13-7-3-2-4-8-13/h12-14H,2-11H2,1H3. The first kappa shape index (κ1) is 11.4. The van der Waals surface area contributed by atoms with Crippen LogP contribution in [0.5, 0.6) is 0 Å². The topological polar surface area (TPSA) is 15.3 Å². The number of piperidine rings is 1. The van der Waals surface area contributed by atoms with Gasteiger partial charge in [0, 0.05) is 12.6 Å². The summed E-state index contributed by atoms with van der Waals surface area (Å²) in [5.41, 5.74) is 0. The van der Waals surface area contributed by atoms with Crippen molar-refractivity contribution in [1.29, 1.82) is 0 Å². The van der Waals surface area contributed by atoms with E-state index in [2.05, 4.69) is 17.3 Å². The van der Waals surface area contributed by atoms with Gasteiger partial charge in [-0.05, 0) is 51.7 Å². The highest BCUT2D eigenvalue weighted by Crippen LogP contribution is 2.19. The Morgan fingerprint density at radius 3 is 2.60 bits per heavy atom. The molecule has 0 spiro atoms. The van der Waals surface area contributed by atoms with Crippen molar-refractivity contribution in [2.45, 2.75) is 51.0 Å². The minimum Gasteiger partial charge on any atom is -0.314 e. The van der Waals surface area contributed by atoms with Crippen molar-refractivity contribution in [3.8, 4) is 0 Å². The third-order valence-corrected chi connectivity index (χ3v) is 4.02. The van der Waals surface area contributed by atoms with Crippen LogP contribution in [0.4, 0.5) is 0 Å². The quantitative estimate of drug-likeness (QED) is 0.768. The maximum Gasteiger partial charge on any atom is 0.00671 e. The van der Waals surface area contributed by atoms with Crippen LogP contribution in [0.1, 0.15) is 44.9 Å². The zero-order chi connectivity index (χ0) is 10.5. The Morgan fingerprint density at radius 2 is 1.87 bits per heavy atom. The van der Waals surface area contributed by atoms with Gasteiger partial charge in [0.1, 0.15) is 0 Å². The maximum atomic E-state index is 3.79. The third kappa shape index (κ3) is 3.76. The molecule has 2 rings (SSSR count). The minimum absolute atomic E-state index is 0.839. The van der Waals surface area contributed by atoms with Crippen molar-refractivity contribution in [2.75, 3.05) is 26.7 Å². The van der Waals surface area contributed by atoms with Crippen molar-refractivity contribution >= 4 is 0 Å². The Hall–Kier alpha value is -0.0800. The molecule has 0 aromatic heterocycles. The summed E-state index contributed by atoms with van der Waals surface area (Å²) < 4.78 is 0. The summed E-state index contributed by atoms with van der Waals surface area (Å²) in [5, 5.41) is 3.79. The van der Waals surface area contributed by atoms with Crippen LogP contribution < -0.4 is 5.32 Å². The fourth-order valence-electron chi connectivity index (χ4n) is 3.08. The molecule has 0 amide bonds. The Kier molecular flexibility index (Phi) is 4.45. The summed E-state index contributed by atoms with van der Waals surface area (Å²) in [7, 11) is 2.26. The normalized spacial score (nSPS) is 30.6. The average molecular weight is 210 g/mol. The molecule has 1 atom stereocenters. The monoisotopic (exact) mass is 210 g/mol. The van der Waals surface area contributed by atoms with E-state index in [1.54, 1.807) is 0 Å². The first-order chi connectivity index (χ1) is 7.34. The predicted octanol–water partition coefficient (Wildman–Crippen LogP) is 2.25. The van der Waals surface area contributed by atoms with Gasteiger partial charge in [-0.2, -0.15) is 0 Å². The largest absolute Gasteiger partial charge is 0.314 e. The molecule has 1 unspecified atom stereocenters. The van der Waals surface area contributed by atoms with E-state index < -0.39 is 0 Å². The maximum absolute atomic E-state index is 3.79. The van der Waals surface area contributed by atoms with Crippen LogP contribution in [-0.4, -0.2) is 37.6 Å². The van der Waals surface area contributed by atoms with Crippen LogP contribution in [0.2, 0.25) is 0 Å². The molecule has 2 fully saturated rings. The highest BCUT2D eigenvalue weighted by Gasteiger charge is 2.19. The molecule has 0 bridgehead atoms. The van der Waals surface area contributed by atoms with Gasteiger partial charge in [-0.25, -0.2) is 0 Å². The van der Waals surface area contributed by atoms with E-state index in [-0.39, 0.29) is 0 Å². The van der Waals surface area contributed by atoms with Crippen molar-refractivity contribution in [3.63, 3.8) is 0 Å². The first-order valence-electron chi connectivity index (χ1n) is 6.76. The molecular weight excluding hydrogens is 184 g/mol. The van der Waals surface area contributed by atoms with Crippen LogP contribution in [-0.2, 0) is 0 Å². The SMILES string of the molecule is CN1CCCC(CNC2CCCCC2)C1. The van der Waals surface area contributed by atoms with E-state index in [1.165, 1.54) is 64.6 Å². The van der Waals surface area contributed by atoms with E-state index in [4.69, 9.17) is 0 Å². The number of hydrogen-bond donors (Lipinski definition) is 1. The molecule has 2 heteroatoms. The lowest BCUT2D eigenvalue weighted by Crippen LogP contribution is -2.41. The highest BCUT2D eigenvalue weighted by molar-refractivity contribution is 4.77. The number of nitrogens with zero attached hydrogens (tertiary/aromatic N) is 1. The van der Waals surface area contributed by atoms with Crippen LogP contribution in [0.3, 0.4) is 0 Å². The van der Waals surface area contributed by atoms with Crippen molar-refractivity contribution in [2.24, 2.45) is 5.92 Å². The second-order valence-electron chi connectivity index (χ2n) is 5.51. The molecule has 1 saturated carbocycles. The van der Waals surface area contributed by atoms with Gasteiger partial charge in [-0.3, -0.25) is 0 Å². The molecule has 15 heavy (non-hydrogen) atoms. The molecule has 1 aliphatic heterocycles. The Morgan fingerprint density at radius 1 is 1.07 bits per heavy atom. The van der Waals surface area contributed by atoms with E-state index >= 15 is 0 Å². The second kappa shape index (κ2) is 5.86. The molecule has 0 aromatic rings. The first-order valence-corrected chi connectivity index (χ1v) is 6.76. The van der Waals surface area contributed by atoms with Crippen molar-refractivity contribution in [1.82, 2.24) is 10.2 Å². The van der Waals surface area contributed by atoms with E-state index in [0.29, 0.717) is 0 Å². The molecule has 0 aromatic carbocycles. The summed E-state index contributed by atoms with van der Waals surface area (Å²) in [4.78, 5) is 2.48. The van der Waals surface area contributed by atoms with Crippen LogP contribution >= 0.6 is 0 Å². The number of rotatable bonds is 3. The second-order valence-corrected chi connectivity index (χ2v) is 5.51. The van der Waals surface area contributed by atoms with E-state index in [9.17, 15) is 0 Å². The zero-order valence-electron chi connectivity index (χ0n) is 10.2. The lowest BCUT2D eigenvalue weighted by Gasteiger charge is -2.32. The van der Waals surface area contributed by atoms with E-state index in [1.807, 2.05) is 0 Å². The number of nitrogens with one attached hydrogen (secondary N) is 1. The minimum atomic E-state index is 0.839. The number of hydrogen-bond acceptors (Lipinski definition) is 2. The van der Waals surface area contributed by atoms with Crippen LogP contribution in [0.15, 0.2) is 0 Å². The number of likely N-dealkylation sites (tertiary alicyclic amines) is 1. The molecule has 1 heterocycles. The zero-order valence-corrected chi connectivity index (χ0v) is 10.2. The predicted molar refractivity (Wildman–Crippen MR) is 65.1 cm³/mol. The third-order valence-electron chi connectivity index (χ3n) is 4.02. The smallest absolute Gasteiger partial charge is 0.00671 e. The van der Waals surface area contributed by atoms with Gasteiger partial charge in [0.05, 0.1) is 0 Å². The van der Waals surface area contributed by atoms with Gasteiger partial charge < -0.3 is 10.2 Å². The Labute approximate surface area is 94.4 Å². The fourth-order valence-corrected chi connectivity index (χ4v) is 3.08. The molecule has 1 aliphatic carbocycles. The molecule has 88 valence electrons. The van der Waals surface area contributed by atoms with Crippen molar-refractivity contribution in [3.05, 3.63) is 0 Å². The average Bonchev–Trinajstić information content (AvgIpc) is 2.28. The summed E-state index contributed by atoms with van der Waals surface area (Å²) >= 11 is 0. The van der Waals surface area contributed by atoms with Gasteiger partial charge in [0.2, 0.25) is 0 Å². The van der Waals surface area contributed by atoms with Gasteiger partial charge in [0.25, 0.3) is 0 Å². The Bertz CT molecular complexity index is 175. The summed E-state index contributed by atoms with van der Waals surface area (Å²) in [6.45, 7) is 3.87. The molecule has 1 N–H and O–H groups in total. The van der Waals surface area contributed by atoms with Gasteiger partial charge in [0.15, 0.2) is 0 Å². The van der Waals surface area contributed by atoms with Crippen LogP contribution in [0, 0.1) is 5.92 Å². The molecule has 1 saturated heterocycles. The van der Waals surface area contributed by atoms with Gasteiger partial charge in [-0.15, -0.1) is 0 Å². The molecular formula is C13H26N2. The van der Waals surface area contributed by atoms with Crippen molar-refractivity contribution < 1.29 is 0 Å².